The van der Waals surface area contributed by atoms with Gasteiger partial charge in [-0.2, -0.15) is 0 Å². The van der Waals surface area contributed by atoms with Crippen LogP contribution < -0.4 is 0 Å². The van der Waals surface area contributed by atoms with Crippen molar-refractivity contribution in [3.8, 4) is 0 Å². The quantitative estimate of drug-likeness (QED) is 0.219. The van der Waals surface area contributed by atoms with Crippen molar-refractivity contribution >= 4 is 45.5 Å². The second-order valence-electron chi connectivity index (χ2n) is 0.982. The fourth-order valence-electron chi connectivity index (χ4n) is 0.0447. The van der Waals surface area contributed by atoms with Gasteiger partial charge >= 0.3 is 69.5 Å². The van der Waals surface area contributed by atoms with E-state index in [9.17, 15) is 0 Å². The molecule has 0 bridgehead atoms. The molecule has 0 aliphatic carbocycles. The fourth-order valence-corrected chi connectivity index (χ4v) is 0.402. The molecule has 1 saturated heterocycles. The average molecular weight is 247 g/mol. The van der Waals surface area contributed by atoms with Gasteiger partial charge in [0.25, 0.3) is 0 Å². The molecule has 0 aromatic heterocycles. The van der Waals surface area contributed by atoms with Crippen molar-refractivity contribution < 1.29 is 53.1 Å². The van der Waals surface area contributed by atoms with Crippen molar-refractivity contribution in [2.75, 3.05) is 0 Å². The van der Waals surface area contributed by atoms with E-state index in [0.29, 0.717) is 0 Å². The van der Waals surface area contributed by atoms with Gasteiger partial charge in [0.2, 0.25) is 0 Å². The van der Waals surface area contributed by atoms with Gasteiger partial charge in [0.15, 0.2) is 0 Å². The smallest absolute Gasteiger partial charge is 1.00 e. The standard InChI is InChI=1S/Ca.H3O5P.Zr.2H/c;1-6(2,3)4-5-6;;;/h;1-3H;;;/q+2;;;2*-1. The molecule has 46 valence electrons. The van der Waals surface area contributed by atoms with Crippen molar-refractivity contribution in [3.63, 3.8) is 0 Å². The summed E-state index contributed by atoms with van der Waals surface area (Å²) in [6.07, 6.45) is 0. The monoisotopic (exact) mass is 246 g/mol. The predicted octanol–water partition coefficient (Wildman–Crippen LogP) is -1.10. The van der Waals surface area contributed by atoms with E-state index in [1.54, 1.807) is 0 Å². The van der Waals surface area contributed by atoms with E-state index in [1.165, 1.54) is 0 Å². The third-order valence-corrected chi connectivity index (χ3v) is 0.824. The molecule has 0 aromatic carbocycles. The Hall–Kier alpha value is 2.37. The summed E-state index contributed by atoms with van der Waals surface area (Å²) in [6, 6.07) is 0. The maximum absolute atomic E-state index is 7.89. The normalized spacial score (nSPS) is 32.1. The van der Waals surface area contributed by atoms with Gasteiger partial charge in [-0.1, -0.05) is 0 Å². The van der Waals surface area contributed by atoms with Gasteiger partial charge in [0.05, 0.1) is 0 Å². The van der Waals surface area contributed by atoms with Gasteiger partial charge in [-0.25, -0.2) is 0 Å². The molecule has 1 heterocycles. The van der Waals surface area contributed by atoms with Gasteiger partial charge in [-0.3, -0.25) is 0 Å². The number of rotatable bonds is 0. The molecule has 3 N–H and O–H groups in total. The van der Waals surface area contributed by atoms with E-state index in [-0.39, 0.29) is 66.8 Å². The zero-order valence-corrected chi connectivity index (χ0v) is 9.37. The van der Waals surface area contributed by atoms with E-state index >= 15 is 0 Å². The molecule has 8 heavy (non-hydrogen) atoms. The SMILES string of the molecule is OP1(O)(O)OO1.[Ca+2].[H-].[H-].[Zr]. The summed E-state index contributed by atoms with van der Waals surface area (Å²) < 4.78 is 6.76. The van der Waals surface area contributed by atoms with Crippen molar-refractivity contribution in [2.45, 2.75) is 0 Å². The summed E-state index contributed by atoms with van der Waals surface area (Å²) in [5.41, 5.74) is 0. The molecule has 5 nitrogen and oxygen atoms in total. The van der Waals surface area contributed by atoms with Gasteiger partial charge in [0, 0.05) is 26.2 Å². The van der Waals surface area contributed by atoms with Crippen molar-refractivity contribution in [2.24, 2.45) is 0 Å². The van der Waals surface area contributed by atoms with Crippen molar-refractivity contribution in [1.29, 1.82) is 0 Å². The molecule has 1 rings (SSSR count). The van der Waals surface area contributed by atoms with Crippen LogP contribution in [0.4, 0.5) is 0 Å². The minimum Gasteiger partial charge on any atom is -1.00 e. The Morgan fingerprint density at radius 3 is 1.25 bits per heavy atom. The van der Waals surface area contributed by atoms with Crippen LogP contribution in [0.2, 0.25) is 0 Å². The van der Waals surface area contributed by atoms with Gasteiger partial charge in [0.1, 0.15) is 0 Å². The first-order valence-corrected chi connectivity index (χ1v) is 3.06. The van der Waals surface area contributed by atoms with Crippen LogP contribution in [0.5, 0.6) is 0 Å². The van der Waals surface area contributed by atoms with Crippen LogP contribution in [0.3, 0.4) is 0 Å². The summed E-state index contributed by atoms with van der Waals surface area (Å²) >= 11 is 0. The van der Waals surface area contributed by atoms with E-state index in [1.807, 2.05) is 0 Å². The zero-order chi connectivity index (χ0) is 4.86. The molecule has 0 spiro atoms. The largest absolute Gasteiger partial charge is 2.00 e. The van der Waals surface area contributed by atoms with E-state index in [0.717, 1.165) is 0 Å². The maximum atomic E-state index is 7.89. The fraction of sp³-hybridized carbons (Fsp3) is 0. The summed E-state index contributed by atoms with van der Waals surface area (Å²) in [5, 5.41) is 0. The average Bonchev–Trinajstić information content (AvgIpc) is 1.73. The molecule has 0 amide bonds. The molecule has 0 radical (unpaired) electrons. The Kier molecular flexibility index (Phi) is 5.17. The van der Waals surface area contributed by atoms with E-state index in [4.69, 9.17) is 14.7 Å². The zero-order valence-electron chi connectivity index (χ0n) is 5.81. The molecule has 0 unspecified atom stereocenters. The van der Waals surface area contributed by atoms with Gasteiger partial charge in [-0.05, 0) is 0 Å². The molecular formula is H5CaO5PZr. The van der Waals surface area contributed by atoms with Crippen LogP contribution in [0.25, 0.3) is 0 Å². The second kappa shape index (κ2) is 3.18. The summed E-state index contributed by atoms with van der Waals surface area (Å²) in [4.78, 5) is 23.7. The number of hydrogen-bond acceptors (Lipinski definition) is 5. The maximum Gasteiger partial charge on any atom is 2.00 e. The van der Waals surface area contributed by atoms with Crippen molar-refractivity contribution in [3.05, 3.63) is 0 Å². The minimum absolute atomic E-state index is 0. The number of hydrogen-bond donors (Lipinski definition) is 3. The molecule has 0 aromatic rings. The Morgan fingerprint density at radius 1 is 1.12 bits per heavy atom. The van der Waals surface area contributed by atoms with Crippen LogP contribution in [-0.4, -0.2) is 52.4 Å². The van der Waals surface area contributed by atoms with Crippen LogP contribution in [-0.2, 0) is 35.6 Å². The van der Waals surface area contributed by atoms with Gasteiger partial charge < -0.3 is 2.85 Å². The molecule has 0 saturated carbocycles. The third-order valence-electron chi connectivity index (χ3n) is 0.275. The third kappa shape index (κ3) is 5.18. The molecular weight excluding hydrogens is 242 g/mol. The molecule has 0 atom stereocenters. The molecule has 1 aliphatic heterocycles. The van der Waals surface area contributed by atoms with E-state index < -0.39 is 7.74 Å². The molecule has 1 fully saturated rings. The Labute approximate surface area is 97.3 Å². The van der Waals surface area contributed by atoms with Crippen LogP contribution in [0.1, 0.15) is 2.85 Å². The Bertz CT molecular complexity index is 83.4. The topological polar surface area (TPSA) is 85.8 Å². The summed E-state index contributed by atoms with van der Waals surface area (Å²) in [6.45, 7) is 0. The Balaban J connectivity index is -0.0000000450. The van der Waals surface area contributed by atoms with E-state index in [2.05, 4.69) is 9.35 Å². The van der Waals surface area contributed by atoms with Gasteiger partial charge in [-0.15, -0.1) is 0 Å². The predicted molar refractivity (Wildman–Crippen MR) is 23.7 cm³/mol. The van der Waals surface area contributed by atoms with Crippen LogP contribution in [0.15, 0.2) is 0 Å². The minimum atomic E-state index is -4.80. The summed E-state index contributed by atoms with van der Waals surface area (Å²) in [7, 11) is -4.80. The van der Waals surface area contributed by atoms with Crippen molar-refractivity contribution in [1.82, 2.24) is 0 Å². The first-order valence-electron chi connectivity index (χ1n) is 1.13. The van der Waals surface area contributed by atoms with Crippen LogP contribution >= 0.6 is 7.74 Å². The second-order valence-corrected chi connectivity index (χ2v) is 2.95. The first-order chi connectivity index (χ1) is 2.47. The van der Waals surface area contributed by atoms with Crippen LogP contribution in [0, 0.1) is 0 Å². The molecule has 8 heteroatoms. The summed E-state index contributed by atoms with van der Waals surface area (Å²) in [5.74, 6) is 0. The molecule has 1 aliphatic rings. The first kappa shape index (κ1) is 13.0. The Morgan fingerprint density at radius 2 is 1.25 bits per heavy atom.